The van der Waals surface area contributed by atoms with Gasteiger partial charge in [0.05, 0.1) is 0 Å². The maximum absolute atomic E-state index is 2.41. The van der Waals surface area contributed by atoms with E-state index in [1.54, 1.807) is 0 Å². The Hall–Kier alpha value is -3.52. The summed E-state index contributed by atoms with van der Waals surface area (Å²) in [7, 11) is 4.13. The minimum absolute atomic E-state index is 0.0842. The van der Waals surface area contributed by atoms with Gasteiger partial charge in [-0.2, -0.15) is 0 Å². The topological polar surface area (TPSA) is 7.76 Å². The van der Waals surface area contributed by atoms with E-state index in [1.165, 1.54) is 49.4 Å². The molecular formula is C30H30N2+2. The SMILES string of the molecule is C[n+]1ccc(-c2c3ccccc3c(-c3cc[n+](C)cc3)c3cc(C(C)(C)C)ccc23)cc1. The Morgan fingerprint density at radius 1 is 0.531 bits per heavy atom. The van der Waals surface area contributed by atoms with E-state index in [-0.39, 0.29) is 5.41 Å². The van der Waals surface area contributed by atoms with Gasteiger partial charge in [0.2, 0.25) is 0 Å². The number of aromatic nitrogens is 2. The van der Waals surface area contributed by atoms with E-state index in [1.807, 2.05) is 0 Å². The quantitative estimate of drug-likeness (QED) is 0.236. The highest BCUT2D eigenvalue weighted by Crippen LogP contribution is 2.44. The van der Waals surface area contributed by atoms with Crippen LogP contribution in [-0.4, -0.2) is 0 Å². The van der Waals surface area contributed by atoms with E-state index in [2.05, 4.69) is 136 Å². The Kier molecular flexibility index (Phi) is 4.82. The summed E-state index contributed by atoms with van der Waals surface area (Å²) in [6.07, 6.45) is 8.53. The lowest BCUT2D eigenvalue weighted by Crippen LogP contribution is -2.25. The van der Waals surface area contributed by atoms with Crippen molar-refractivity contribution in [2.24, 2.45) is 14.1 Å². The maximum Gasteiger partial charge on any atom is 0.169 e. The van der Waals surface area contributed by atoms with Crippen LogP contribution in [-0.2, 0) is 19.5 Å². The predicted octanol–water partition coefficient (Wildman–Crippen LogP) is 6.27. The van der Waals surface area contributed by atoms with E-state index >= 15 is 0 Å². The number of hydrogen-bond donors (Lipinski definition) is 0. The molecule has 0 aliphatic carbocycles. The van der Waals surface area contributed by atoms with Crippen LogP contribution in [0.2, 0.25) is 0 Å². The van der Waals surface area contributed by atoms with Crippen molar-refractivity contribution in [3.8, 4) is 22.3 Å². The molecule has 0 aliphatic heterocycles. The van der Waals surface area contributed by atoms with Crippen LogP contribution in [0.15, 0.2) is 91.5 Å². The van der Waals surface area contributed by atoms with Crippen LogP contribution in [0.1, 0.15) is 26.3 Å². The predicted molar refractivity (Wildman–Crippen MR) is 133 cm³/mol. The van der Waals surface area contributed by atoms with Crippen molar-refractivity contribution < 1.29 is 9.13 Å². The molecule has 5 aromatic rings. The summed E-state index contributed by atoms with van der Waals surface area (Å²) in [4.78, 5) is 0. The van der Waals surface area contributed by atoms with Gasteiger partial charge >= 0.3 is 0 Å². The van der Waals surface area contributed by atoms with Crippen LogP contribution in [0.25, 0.3) is 43.8 Å². The number of aryl methyl sites for hydroxylation is 2. The van der Waals surface area contributed by atoms with E-state index in [4.69, 9.17) is 0 Å². The van der Waals surface area contributed by atoms with Gasteiger partial charge in [-0.3, -0.25) is 0 Å². The van der Waals surface area contributed by atoms with Crippen LogP contribution in [0.5, 0.6) is 0 Å². The van der Waals surface area contributed by atoms with Crippen LogP contribution < -0.4 is 9.13 Å². The number of fused-ring (bicyclic) bond motifs is 2. The minimum atomic E-state index is 0.0842. The van der Waals surface area contributed by atoms with Crippen LogP contribution in [0.3, 0.4) is 0 Å². The second-order valence-electron chi connectivity index (χ2n) is 9.81. The molecule has 0 aliphatic rings. The molecule has 0 unspecified atom stereocenters. The summed E-state index contributed by atoms with van der Waals surface area (Å²) in [6.45, 7) is 6.86. The monoisotopic (exact) mass is 418 g/mol. The Labute approximate surface area is 190 Å². The molecule has 2 nitrogen and oxygen atoms in total. The molecular weight excluding hydrogens is 388 g/mol. The number of pyridine rings is 2. The van der Waals surface area contributed by atoms with Crippen LogP contribution in [0.4, 0.5) is 0 Å². The molecule has 5 rings (SSSR count). The van der Waals surface area contributed by atoms with Gasteiger partial charge in [-0.15, -0.1) is 0 Å². The van der Waals surface area contributed by atoms with Crippen LogP contribution in [0, 0.1) is 0 Å². The van der Waals surface area contributed by atoms with Gasteiger partial charge in [-0.05, 0) is 60.8 Å². The molecule has 3 aromatic carbocycles. The number of benzene rings is 3. The third kappa shape index (κ3) is 3.46. The van der Waals surface area contributed by atoms with E-state index in [0.29, 0.717) is 0 Å². The fraction of sp³-hybridized carbons (Fsp3) is 0.200. The summed E-state index contributed by atoms with van der Waals surface area (Å²) >= 11 is 0. The lowest BCUT2D eigenvalue weighted by Gasteiger charge is -2.22. The first-order valence-corrected chi connectivity index (χ1v) is 11.2. The number of nitrogens with zero attached hydrogens (tertiary/aromatic N) is 2. The van der Waals surface area contributed by atoms with Crippen molar-refractivity contribution in [2.75, 3.05) is 0 Å². The van der Waals surface area contributed by atoms with Crippen molar-refractivity contribution in [3.63, 3.8) is 0 Å². The molecule has 2 heteroatoms. The molecule has 2 heterocycles. The normalized spacial score (nSPS) is 11.9. The molecule has 0 amide bonds. The van der Waals surface area contributed by atoms with Gasteiger partial charge in [-0.1, -0.05) is 57.2 Å². The van der Waals surface area contributed by atoms with Gasteiger partial charge in [-0.25, -0.2) is 9.13 Å². The Bertz CT molecular complexity index is 1440. The fourth-order valence-corrected chi connectivity index (χ4v) is 4.60. The first-order valence-electron chi connectivity index (χ1n) is 11.2. The average molecular weight is 419 g/mol. The Morgan fingerprint density at radius 3 is 1.44 bits per heavy atom. The summed E-state index contributed by atoms with van der Waals surface area (Å²) in [5, 5.41) is 5.20. The minimum Gasteiger partial charge on any atom is -0.208 e. The number of rotatable bonds is 2. The van der Waals surface area contributed by atoms with Gasteiger partial charge in [0.25, 0.3) is 0 Å². The van der Waals surface area contributed by atoms with Crippen molar-refractivity contribution in [2.45, 2.75) is 26.2 Å². The van der Waals surface area contributed by atoms with Gasteiger partial charge in [0.1, 0.15) is 14.1 Å². The van der Waals surface area contributed by atoms with Crippen molar-refractivity contribution in [1.82, 2.24) is 0 Å². The van der Waals surface area contributed by atoms with Crippen molar-refractivity contribution >= 4 is 21.5 Å². The lowest BCUT2D eigenvalue weighted by atomic mass is 9.81. The van der Waals surface area contributed by atoms with Crippen LogP contribution >= 0.6 is 0 Å². The highest BCUT2D eigenvalue weighted by atomic mass is 14.9. The molecule has 0 saturated heterocycles. The molecule has 0 radical (unpaired) electrons. The van der Waals surface area contributed by atoms with Gasteiger partial charge < -0.3 is 0 Å². The summed E-state index contributed by atoms with van der Waals surface area (Å²) < 4.78 is 4.18. The summed E-state index contributed by atoms with van der Waals surface area (Å²) in [5.74, 6) is 0. The first-order chi connectivity index (χ1) is 15.3. The Balaban J connectivity index is 1.98. The highest BCUT2D eigenvalue weighted by molar-refractivity contribution is 6.21. The summed E-state index contributed by atoms with van der Waals surface area (Å²) in [5.41, 5.74) is 6.56. The first kappa shape index (κ1) is 20.4. The van der Waals surface area contributed by atoms with E-state index < -0.39 is 0 Å². The molecule has 0 spiro atoms. The van der Waals surface area contributed by atoms with Crippen molar-refractivity contribution in [1.29, 1.82) is 0 Å². The highest BCUT2D eigenvalue weighted by Gasteiger charge is 2.20. The number of hydrogen-bond acceptors (Lipinski definition) is 0. The molecule has 0 fully saturated rings. The molecule has 32 heavy (non-hydrogen) atoms. The zero-order valence-corrected chi connectivity index (χ0v) is 19.6. The van der Waals surface area contributed by atoms with Gasteiger partial charge in [0, 0.05) is 24.3 Å². The zero-order chi connectivity index (χ0) is 22.5. The standard InChI is InChI=1S/C30H30N2/c1-30(2,3)23-10-11-26-27(20-23)29(22-14-18-32(5)19-15-22)25-9-7-6-8-24(25)28(26)21-12-16-31(4)17-13-21/h6-20H,1-5H3/q+2. The third-order valence-corrected chi connectivity index (χ3v) is 6.42. The fourth-order valence-electron chi connectivity index (χ4n) is 4.60. The zero-order valence-electron chi connectivity index (χ0n) is 19.6. The van der Waals surface area contributed by atoms with E-state index in [9.17, 15) is 0 Å². The summed E-state index contributed by atoms with van der Waals surface area (Å²) in [6, 6.07) is 24.8. The second kappa shape index (κ2) is 7.56. The average Bonchev–Trinajstić information content (AvgIpc) is 2.78. The largest absolute Gasteiger partial charge is 0.208 e. The molecule has 2 aromatic heterocycles. The second-order valence-corrected chi connectivity index (χ2v) is 9.81. The molecule has 0 N–H and O–H groups in total. The lowest BCUT2D eigenvalue weighted by molar-refractivity contribution is -0.671. The van der Waals surface area contributed by atoms with E-state index in [0.717, 1.165) is 0 Å². The van der Waals surface area contributed by atoms with Crippen molar-refractivity contribution in [3.05, 3.63) is 97.1 Å². The smallest absolute Gasteiger partial charge is 0.169 e. The molecule has 0 saturated carbocycles. The Morgan fingerprint density at radius 2 is 0.969 bits per heavy atom. The maximum atomic E-state index is 2.41. The third-order valence-electron chi connectivity index (χ3n) is 6.42. The molecule has 158 valence electrons. The molecule has 0 atom stereocenters. The van der Waals surface area contributed by atoms with Gasteiger partial charge in [0.15, 0.2) is 24.8 Å². The molecule has 0 bridgehead atoms.